The van der Waals surface area contributed by atoms with Gasteiger partial charge in [-0.3, -0.25) is 9.59 Å². The minimum Gasteiger partial charge on any atom is -0.481 e. The van der Waals surface area contributed by atoms with Gasteiger partial charge in [0.2, 0.25) is 5.91 Å². The van der Waals surface area contributed by atoms with E-state index < -0.39 is 30.4 Å². The number of aliphatic hydroxyl groups excluding tert-OH is 1. The van der Waals surface area contributed by atoms with Gasteiger partial charge in [-0.2, -0.15) is 0 Å². The van der Waals surface area contributed by atoms with Crippen molar-refractivity contribution >= 4 is 17.8 Å². The molecule has 0 unspecified atom stereocenters. The first-order chi connectivity index (χ1) is 11.4. The number of carboxylic acid groups (broad SMARTS) is 1. The molecule has 0 bridgehead atoms. The van der Waals surface area contributed by atoms with Crippen LogP contribution in [0.3, 0.4) is 0 Å². The van der Waals surface area contributed by atoms with E-state index in [0.29, 0.717) is 24.8 Å². The normalized spacial score (nSPS) is 24.4. The lowest BCUT2D eigenvalue weighted by molar-refractivity contribution is -0.162. The molecule has 24 heavy (non-hydrogen) atoms. The van der Waals surface area contributed by atoms with Crippen LogP contribution in [-0.4, -0.2) is 58.0 Å². The van der Waals surface area contributed by atoms with Gasteiger partial charge in [-0.1, -0.05) is 6.08 Å². The number of nitrogens with two attached hydrogens (primary N) is 1. The first-order valence-electron chi connectivity index (χ1n) is 7.53. The Morgan fingerprint density at radius 3 is 2.83 bits per heavy atom. The second kappa shape index (κ2) is 7.93. The van der Waals surface area contributed by atoms with Gasteiger partial charge in [0.25, 0.3) is 0 Å². The summed E-state index contributed by atoms with van der Waals surface area (Å²) in [6.07, 6.45) is 3.93. The first kappa shape index (κ1) is 18.0. The van der Waals surface area contributed by atoms with E-state index in [1.54, 1.807) is 23.4 Å². The van der Waals surface area contributed by atoms with Gasteiger partial charge < -0.3 is 30.3 Å². The molecule has 0 aromatic carbocycles. The number of carbonyl (C=O) groups is 3. The molecule has 1 saturated heterocycles. The number of esters is 1. The number of hydrogen-bond acceptors (Lipinski definition) is 7. The predicted molar refractivity (Wildman–Crippen MR) is 80.0 cm³/mol. The van der Waals surface area contributed by atoms with Crippen LogP contribution in [0, 0.1) is 0 Å². The van der Waals surface area contributed by atoms with Gasteiger partial charge in [0, 0.05) is 18.0 Å². The van der Waals surface area contributed by atoms with Crippen LogP contribution in [0.1, 0.15) is 25.7 Å². The number of primary amides is 1. The predicted octanol–water partition coefficient (Wildman–Crippen LogP) is -0.541. The molecule has 2 aliphatic heterocycles. The van der Waals surface area contributed by atoms with Crippen LogP contribution in [-0.2, 0) is 23.9 Å². The van der Waals surface area contributed by atoms with Crippen LogP contribution in [0.2, 0.25) is 0 Å². The molecule has 0 aromatic rings. The molecule has 0 aromatic heterocycles. The van der Waals surface area contributed by atoms with Crippen LogP contribution in [0.15, 0.2) is 24.0 Å². The molecule has 9 nitrogen and oxygen atoms in total. The lowest BCUT2D eigenvalue weighted by atomic mass is 10.1. The number of allylic oxidation sites excluding steroid dienone is 1. The summed E-state index contributed by atoms with van der Waals surface area (Å²) >= 11 is 0. The van der Waals surface area contributed by atoms with E-state index in [9.17, 15) is 19.5 Å². The lowest BCUT2D eigenvalue weighted by Gasteiger charge is -2.27. The number of aliphatic hydroxyl groups is 1. The fourth-order valence-electron chi connectivity index (χ4n) is 2.47. The third-order valence-corrected chi connectivity index (χ3v) is 3.71. The van der Waals surface area contributed by atoms with Crippen molar-refractivity contribution in [3.8, 4) is 0 Å². The Bertz CT molecular complexity index is 572. The second-order valence-electron chi connectivity index (χ2n) is 5.59. The zero-order valence-electron chi connectivity index (χ0n) is 13.0. The second-order valence-corrected chi connectivity index (χ2v) is 5.59. The van der Waals surface area contributed by atoms with E-state index in [0.717, 1.165) is 0 Å². The van der Waals surface area contributed by atoms with Crippen molar-refractivity contribution in [2.24, 2.45) is 5.73 Å². The molecule has 1 fully saturated rings. The fourth-order valence-corrected chi connectivity index (χ4v) is 2.47. The highest BCUT2D eigenvalue weighted by Crippen LogP contribution is 2.26. The van der Waals surface area contributed by atoms with Crippen molar-refractivity contribution < 1.29 is 34.1 Å². The monoisotopic (exact) mass is 340 g/mol. The average molecular weight is 340 g/mol. The molecule has 0 radical (unpaired) electrons. The SMILES string of the molecule is NC(=O)C1=CN([C@H]2CC[C@@H](COC(=O)[C@@H](O)CC(=O)O)O2)C=CC1. The quantitative estimate of drug-likeness (QED) is 0.525. The van der Waals surface area contributed by atoms with E-state index in [-0.39, 0.29) is 18.9 Å². The Morgan fingerprint density at radius 1 is 1.42 bits per heavy atom. The highest BCUT2D eigenvalue weighted by Gasteiger charge is 2.31. The van der Waals surface area contributed by atoms with Crippen LogP contribution < -0.4 is 5.73 Å². The summed E-state index contributed by atoms with van der Waals surface area (Å²) in [6.45, 7) is -0.0735. The standard InChI is InChI=1S/C15H20N2O7/c16-14(21)9-2-1-5-17(7-9)12-4-3-10(24-12)8-23-15(22)11(18)6-13(19)20/h1,5,7,10-12,18H,2-4,6,8H2,(H2,16,21)(H,19,20)/t10-,11-,12+/m0/s1. The fraction of sp³-hybridized carbons (Fsp3) is 0.533. The topological polar surface area (TPSA) is 139 Å². The maximum Gasteiger partial charge on any atom is 0.335 e. The zero-order valence-corrected chi connectivity index (χ0v) is 13.0. The summed E-state index contributed by atoms with van der Waals surface area (Å²) in [4.78, 5) is 34.9. The van der Waals surface area contributed by atoms with Crippen molar-refractivity contribution in [3.63, 3.8) is 0 Å². The number of ether oxygens (including phenoxy) is 2. The Hall–Kier alpha value is -2.39. The third-order valence-electron chi connectivity index (χ3n) is 3.71. The van der Waals surface area contributed by atoms with Crippen LogP contribution in [0.5, 0.6) is 0 Å². The molecule has 0 spiro atoms. The number of carboxylic acids is 1. The number of carbonyl (C=O) groups excluding carboxylic acids is 2. The molecule has 2 rings (SSSR count). The third kappa shape index (κ3) is 4.80. The van der Waals surface area contributed by atoms with Gasteiger partial charge in [-0.15, -0.1) is 0 Å². The van der Waals surface area contributed by atoms with E-state index in [1.165, 1.54) is 0 Å². The minimum absolute atomic E-state index is 0.0735. The summed E-state index contributed by atoms with van der Waals surface area (Å²) < 4.78 is 10.6. The molecular formula is C15H20N2O7. The van der Waals surface area contributed by atoms with Crippen LogP contribution >= 0.6 is 0 Å². The molecule has 132 valence electrons. The number of aliphatic carboxylic acids is 1. The van der Waals surface area contributed by atoms with Gasteiger partial charge in [0.1, 0.15) is 12.8 Å². The highest BCUT2D eigenvalue weighted by molar-refractivity contribution is 5.92. The van der Waals surface area contributed by atoms with E-state index >= 15 is 0 Å². The van der Waals surface area contributed by atoms with E-state index in [4.69, 9.17) is 20.3 Å². The largest absolute Gasteiger partial charge is 0.481 e. The Morgan fingerprint density at radius 2 is 2.17 bits per heavy atom. The molecule has 2 aliphatic rings. The smallest absolute Gasteiger partial charge is 0.335 e. The van der Waals surface area contributed by atoms with Crippen molar-refractivity contribution in [1.82, 2.24) is 4.90 Å². The van der Waals surface area contributed by atoms with Gasteiger partial charge in [-0.05, 0) is 19.3 Å². The molecule has 2 heterocycles. The Kier molecular flexibility index (Phi) is 5.93. The first-order valence-corrected chi connectivity index (χ1v) is 7.53. The summed E-state index contributed by atoms with van der Waals surface area (Å²) in [6, 6.07) is 0. The van der Waals surface area contributed by atoms with Gasteiger partial charge >= 0.3 is 11.9 Å². The summed E-state index contributed by atoms with van der Waals surface area (Å²) in [7, 11) is 0. The molecular weight excluding hydrogens is 320 g/mol. The highest BCUT2D eigenvalue weighted by atomic mass is 16.6. The minimum atomic E-state index is -1.69. The Labute approximate surface area is 138 Å². The number of rotatable bonds is 7. The zero-order chi connectivity index (χ0) is 17.7. The van der Waals surface area contributed by atoms with Crippen molar-refractivity contribution in [3.05, 3.63) is 24.0 Å². The Balaban J connectivity index is 1.80. The molecule has 1 amide bonds. The number of hydrogen-bond donors (Lipinski definition) is 3. The molecule has 0 saturated carbocycles. The van der Waals surface area contributed by atoms with Crippen LogP contribution in [0.25, 0.3) is 0 Å². The lowest BCUT2D eigenvalue weighted by Crippen LogP contribution is -2.32. The maximum absolute atomic E-state index is 11.5. The van der Waals surface area contributed by atoms with Gasteiger partial charge in [0.05, 0.1) is 12.5 Å². The van der Waals surface area contributed by atoms with Crippen LogP contribution in [0.4, 0.5) is 0 Å². The number of amides is 1. The summed E-state index contributed by atoms with van der Waals surface area (Å²) in [5, 5.41) is 17.8. The van der Waals surface area contributed by atoms with E-state index in [2.05, 4.69) is 0 Å². The molecule has 4 N–H and O–H groups in total. The average Bonchev–Trinajstić information content (AvgIpc) is 3.01. The number of nitrogens with zero attached hydrogens (tertiary/aromatic N) is 1. The molecule has 9 heteroatoms. The van der Waals surface area contributed by atoms with E-state index in [1.807, 2.05) is 0 Å². The van der Waals surface area contributed by atoms with Crippen molar-refractivity contribution in [2.75, 3.05) is 6.61 Å². The molecule has 0 aliphatic carbocycles. The maximum atomic E-state index is 11.5. The summed E-state index contributed by atoms with van der Waals surface area (Å²) in [5.41, 5.74) is 5.75. The van der Waals surface area contributed by atoms with Gasteiger partial charge in [0.15, 0.2) is 6.10 Å². The summed E-state index contributed by atoms with van der Waals surface area (Å²) in [5.74, 6) is -2.76. The van der Waals surface area contributed by atoms with Gasteiger partial charge in [-0.25, -0.2) is 4.79 Å². The molecule has 3 atom stereocenters. The van der Waals surface area contributed by atoms with Crippen molar-refractivity contribution in [1.29, 1.82) is 0 Å². The van der Waals surface area contributed by atoms with Crippen molar-refractivity contribution in [2.45, 2.75) is 44.1 Å².